The third-order valence-corrected chi connectivity index (χ3v) is 5.20. The summed E-state index contributed by atoms with van der Waals surface area (Å²) in [5.74, 6) is 0. The van der Waals surface area contributed by atoms with Crippen LogP contribution in [-0.4, -0.2) is 53.1 Å². The summed E-state index contributed by atoms with van der Waals surface area (Å²) in [6, 6.07) is 9.84. The van der Waals surface area contributed by atoms with Crippen molar-refractivity contribution in [2.75, 3.05) is 19.7 Å². The largest absolute Gasteiger partial charge is 0.395 e. The van der Waals surface area contributed by atoms with Gasteiger partial charge in [0.15, 0.2) is 0 Å². The van der Waals surface area contributed by atoms with Gasteiger partial charge in [0.25, 0.3) is 0 Å². The number of nitrogens with zero attached hydrogens (tertiary/aromatic N) is 1. The third-order valence-electron chi connectivity index (χ3n) is 5.20. The molecule has 3 atom stereocenters. The lowest BCUT2D eigenvalue weighted by molar-refractivity contribution is -0.0311. The highest BCUT2D eigenvalue weighted by molar-refractivity contribution is 5.13. The summed E-state index contributed by atoms with van der Waals surface area (Å²) < 4.78 is 5.93. The lowest BCUT2D eigenvalue weighted by Gasteiger charge is -2.23. The number of aliphatic hydroxyl groups is 2. The smallest absolute Gasteiger partial charge is 0.0991 e. The van der Waals surface area contributed by atoms with Gasteiger partial charge in [-0.25, -0.2) is 0 Å². The van der Waals surface area contributed by atoms with Crippen molar-refractivity contribution in [2.45, 2.75) is 76.7 Å². The van der Waals surface area contributed by atoms with Crippen molar-refractivity contribution in [1.82, 2.24) is 4.90 Å². The average molecular weight is 350 g/mol. The average Bonchev–Trinajstić information content (AvgIpc) is 2.95. The van der Waals surface area contributed by atoms with Gasteiger partial charge in [-0.1, -0.05) is 75.8 Å². The number of hydrogen-bond acceptors (Lipinski definition) is 4. The number of hydrogen-bond donors (Lipinski definition) is 2. The Morgan fingerprint density at radius 3 is 2.40 bits per heavy atom. The summed E-state index contributed by atoms with van der Waals surface area (Å²) in [5.41, 5.74) is 1.11. The lowest BCUT2D eigenvalue weighted by atomic mass is 10.1. The zero-order valence-corrected chi connectivity index (χ0v) is 15.6. The van der Waals surface area contributed by atoms with E-state index in [0.717, 1.165) is 18.5 Å². The van der Waals surface area contributed by atoms with E-state index in [-0.39, 0.29) is 18.8 Å². The highest BCUT2D eigenvalue weighted by Crippen LogP contribution is 2.23. The molecule has 4 heteroatoms. The van der Waals surface area contributed by atoms with Gasteiger partial charge >= 0.3 is 0 Å². The highest BCUT2D eigenvalue weighted by atomic mass is 16.5. The molecule has 1 aliphatic rings. The lowest BCUT2D eigenvalue weighted by Crippen LogP contribution is -2.39. The summed E-state index contributed by atoms with van der Waals surface area (Å²) in [5, 5.41) is 20.1. The van der Waals surface area contributed by atoms with Gasteiger partial charge in [0.1, 0.15) is 0 Å². The van der Waals surface area contributed by atoms with Crippen molar-refractivity contribution in [3.8, 4) is 0 Å². The molecule has 25 heavy (non-hydrogen) atoms. The normalized spacial score (nSPS) is 24.0. The molecule has 0 unspecified atom stereocenters. The first-order chi connectivity index (χ1) is 12.3. The third kappa shape index (κ3) is 6.70. The van der Waals surface area contributed by atoms with Crippen molar-refractivity contribution in [2.24, 2.45) is 0 Å². The van der Waals surface area contributed by atoms with E-state index in [4.69, 9.17) is 4.74 Å². The van der Waals surface area contributed by atoms with Crippen molar-refractivity contribution in [3.05, 3.63) is 35.9 Å². The van der Waals surface area contributed by atoms with E-state index >= 15 is 0 Å². The number of ether oxygens (including phenoxy) is 1. The van der Waals surface area contributed by atoms with Gasteiger partial charge in [0.2, 0.25) is 0 Å². The maximum atomic E-state index is 10.5. The van der Waals surface area contributed by atoms with Gasteiger partial charge in [-0.15, -0.1) is 0 Å². The minimum absolute atomic E-state index is 0.0110. The number of benzene rings is 1. The molecular formula is C21H35NO3. The van der Waals surface area contributed by atoms with Crippen LogP contribution in [0.5, 0.6) is 0 Å². The van der Waals surface area contributed by atoms with Crippen LogP contribution in [0.1, 0.15) is 57.4 Å². The molecule has 0 saturated carbocycles. The monoisotopic (exact) mass is 349 g/mol. The summed E-state index contributed by atoms with van der Waals surface area (Å²) in [4.78, 5) is 2.20. The van der Waals surface area contributed by atoms with Crippen LogP contribution in [-0.2, 0) is 11.3 Å². The number of unbranched alkanes of at least 4 members (excludes halogenated alkanes) is 6. The van der Waals surface area contributed by atoms with Gasteiger partial charge < -0.3 is 14.9 Å². The van der Waals surface area contributed by atoms with Crippen LogP contribution in [0.25, 0.3) is 0 Å². The van der Waals surface area contributed by atoms with Gasteiger partial charge in [0, 0.05) is 6.54 Å². The molecule has 0 aromatic heterocycles. The maximum Gasteiger partial charge on any atom is 0.0991 e. The fraction of sp³-hybridized carbons (Fsp3) is 0.714. The topological polar surface area (TPSA) is 52.9 Å². The fourth-order valence-corrected chi connectivity index (χ4v) is 3.62. The van der Waals surface area contributed by atoms with Crippen LogP contribution in [0.15, 0.2) is 30.3 Å². The Hall–Kier alpha value is -0.940. The molecule has 1 fully saturated rings. The van der Waals surface area contributed by atoms with E-state index in [1.165, 1.54) is 38.5 Å². The second kappa shape index (κ2) is 11.6. The molecule has 1 saturated heterocycles. The summed E-state index contributed by atoms with van der Waals surface area (Å²) in [7, 11) is 0. The Kier molecular flexibility index (Phi) is 9.48. The molecule has 4 nitrogen and oxygen atoms in total. The zero-order valence-electron chi connectivity index (χ0n) is 15.6. The van der Waals surface area contributed by atoms with Gasteiger partial charge in [-0.05, 0) is 18.5 Å². The second-order valence-corrected chi connectivity index (χ2v) is 7.19. The minimum Gasteiger partial charge on any atom is -0.395 e. The molecule has 1 aromatic carbocycles. The molecule has 2 N–H and O–H groups in total. The predicted molar refractivity (Wildman–Crippen MR) is 101 cm³/mol. The van der Waals surface area contributed by atoms with Crippen LogP contribution >= 0.6 is 0 Å². The number of likely N-dealkylation sites (tertiary alicyclic amines) is 1. The van der Waals surface area contributed by atoms with Gasteiger partial charge in [-0.2, -0.15) is 0 Å². The molecule has 0 radical (unpaired) electrons. The summed E-state index contributed by atoms with van der Waals surface area (Å²) in [6.07, 6.45) is 8.09. The highest BCUT2D eigenvalue weighted by Gasteiger charge is 2.40. The Bertz CT molecular complexity index is 454. The molecule has 1 heterocycles. The second-order valence-electron chi connectivity index (χ2n) is 7.19. The van der Waals surface area contributed by atoms with E-state index in [2.05, 4.69) is 11.8 Å². The van der Waals surface area contributed by atoms with E-state index in [1.807, 2.05) is 30.3 Å². The van der Waals surface area contributed by atoms with Gasteiger partial charge in [0.05, 0.1) is 31.5 Å². The fourth-order valence-electron chi connectivity index (χ4n) is 3.62. The van der Waals surface area contributed by atoms with E-state index in [1.54, 1.807) is 0 Å². The number of aliphatic hydroxyl groups excluding tert-OH is 2. The minimum atomic E-state index is -0.613. The Morgan fingerprint density at radius 2 is 1.72 bits per heavy atom. The molecule has 0 amide bonds. The standard InChI is InChI=1S/C21H35NO3/c1-2-3-4-5-6-7-11-14-22-15-20(21(24)19(22)16-23)25-17-18-12-9-8-10-13-18/h8-10,12-13,19-21,23-24H,2-7,11,14-17H2,1H3/t19-,20-,21-/m1/s1. The van der Waals surface area contributed by atoms with Crippen LogP contribution in [0.3, 0.4) is 0 Å². The van der Waals surface area contributed by atoms with E-state index < -0.39 is 6.10 Å². The molecule has 0 spiro atoms. The van der Waals surface area contributed by atoms with Crippen LogP contribution < -0.4 is 0 Å². The molecule has 142 valence electrons. The molecule has 1 aromatic rings. The SMILES string of the molecule is CCCCCCCCCN1C[C@@H](OCc2ccccc2)[C@H](O)[C@H]1CO. The Balaban J connectivity index is 1.70. The quantitative estimate of drug-likeness (QED) is 0.568. The Labute approximate surface area is 152 Å². The van der Waals surface area contributed by atoms with Crippen LogP contribution in [0.4, 0.5) is 0 Å². The van der Waals surface area contributed by atoms with Crippen molar-refractivity contribution >= 4 is 0 Å². The first kappa shape index (κ1) is 20.4. The first-order valence-electron chi connectivity index (χ1n) is 9.94. The molecular weight excluding hydrogens is 314 g/mol. The summed E-state index contributed by atoms with van der Waals surface area (Å²) >= 11 is 0. The van der Waals surface area contributed by atoms with E-state index in [9.17, 15) is 10.2 Å². The Morgan fingerprint density at radius 1 is 1.04 bits per heavy atom. The van der Waals surface area contributed by atoms with Crippen molar-refractivity contribution in [3.63, 3.8) is 0 Å². The molecule has 0 bridgehead atoms. The van der Waals surface area contributed by atoms with Crippen LogP contribution in [0.2, 0.25) is 0 Å². The number of rotatable bonds is 12. The van der Waals surface area contributed by atoms with Crippen LogP contribution in [0, 0.1) is 0 Å². The van der Waals surface area contributed by atoms with Gasteiger partial charge in [-0.3, -0.25) is 4.90 Å². The van der Waals surface area contributed by atoms with E-state index in [0.29, 0.717) is 13.2 Å². The molecule has 2 rings (SSSR count). The molecule has 1 aliphatic heterocycles. The maximum absolute atomic E-state index is 10.5. The first-order valence-corrected chi connectivity index (χ1v) is 9.94. The summed E-state index contributed by atoms with van der Waals surface area (Å²) in [6.45, 7) is 4.37. The van der Waals surface area contributed by atoms with Crippen molar-refractivity contribution in [1.29, 1.82) is 0 Å². The predicted octanol–water partition coefficient (Wildman–Crippen LogP) is 3.36. The molecule has 0 aliphatic carbocycles. The zero-order chi connectivity index (χ0) is 17.9. The van der Waals surface area contributed by atoms with Crippen molar-refractivity contribution < 1.29 is 14.9 Å².